The van der Waals surface area contributed by atoms with E-state index in [0.717, 1.165) is 22.1 Å². The molecule has 98 valence electrons. The number of hydrogen-bond acceptors (Lipinski definition) is 5. The van der Waals surface area contributed by atoms with Crippen LogP contribution in [0, 0.1) is 6.92 Å². The summed E-state index contributed by atoms with van der Waals surface area (Å²) in [5.41, 5.74) is 0.968. The topological polar surface area (TPSA) is 46.3 Å². The predicted octanol–water partition coefficient (Wildman–Crippen LogP) is 3.71. The van der Waals surface area contributed by atoms with Crippen LogP contribution in [-0.2, 0) is 5.75 Å². The van der Waals surface area contributed by atoms with Gasteiger partial charge in [0.1, 0.15) is 5.76 Å². The lowest BCUT2D eigenvalue weighted by Crippen LogP contribution is -2.15. The molecule has 0 amide bonds. The van der Waals surface area contributed by atoms with Crippen LogP contribution in [0.25, 0.3) is 10.8 Å². The number of aryl methyl sites for hydroxylation is 1. The number of aliphatic hydroxyl groups is 1. The Kier molecular flexibility index (Phi) is 4.48. The fraction of sp³-hybridized carbons (Fsp3) is 0.462. The van der Waals surface area contributed by atoms with Crippen molar-refractivity contribution in [3.63, 3.8) is 0 Å². The lowest BCUT2D eigenvalue weighted by Gasteiger charge is -2.12. The second kappa shape index (κ2) is 5.91. The van der Waals surface area contributed by atoms with Crippen molar-refractivity contribution < 1.29 is 9.52 Å². The average molecular weight is 283 g/mol. The number of thiophene rings is 1. The molecule has 1 N–H and O–H groups in total. The van der Waals surface area contributed by atoms with Crippen LogP contribution in [0.3, 0.4) is 0 Å². The van der Waals surface area contributed by atoms with E-state index >= 15 is 0 Å². The van der Waals surface area contributed by atoms with Crippen molar-refractivity contribution >= 4 is 23.1 Å². The number of oxazole rings is 1. The zero-order valence-corrected chi connectivity index (χ0v) is 12.3. The van der Waals surface area contributed by atoms with Gasteiger partial charge in [-0.05, 0) is 25.3 Å². The zero-order valence-electron chi connectivity index (χ0n) is 10.7. The maximum absolute atomic E-state index is 9.46. The molecule has 0 aliphatic carbocycles. The molecule has 5 heteroatoms. The highest BCUT2D eigenvalue weighted by molar-refractivity contribution is 7.99. The summed E-state index contributed by atoms with van der Waals surface area (Å²) >= 11 is 3.32. The normalized spacial score (nSPS) is 14.7. The lowest BCUT2D eigenvalue weighted by atomic mass is 10.3. The maximum atomic E-state index is 9.46. The third-order valence-electron chi connectivity index (χ3n) is 2.79. The maximum Gasteiger partial charge on any atom is 0.236 e. The molecule has 0 unspecified atom stereocenters. The van der Waals surface area contributed by atoms with Crippen LogP contribution in [0.5, 0.6) is 0 Å². The molecule has 0 aromatic carbocycles. The molecular formula is C13H17NO2S2. The number of aromatic nitrogens is 1. The largest absolute Gasteiger partial charge is 0.440 e. The van der Waals surface area contributed by atoms with Crippen molar-refractivity contribution in [2.75, 3.05) is 0 Å². The molecule has 0 bridgehead atoms. The van der Waals surface area contributed by atoms with Gasteiger partial charge in [0.25, 0.3) is 0 Å². The Morgan fingerprint density at radius 2 is 2.28 bits per heavy atom. The Hall–Kier alpha value is -0.780. The Balaban J connectivity index is 2.06. The smallest absolute Gasteiger partial charge is 0.236 e. The first kappa shape index (κ1) is 13.6. The van der Waals surface area contributed by atoms with E-state index in [-0.39, 0.29) is 11.4 Å². The van der Waals surface area contributed by atoms with E-state index in [1.165, 1.54) is 0 Å². The number of rotatable bonds is 5. The molecule has 2 atom stereocenters. The summed E-state index contributed by atoms with van der Waals surface area (Å²) in [7, 11) is 0. The predicted molar refractivity (Wildman–Crippen MR) is 77.0 cm³/mol. The van der Waals surface area contributed by atoms with Crippen LogP contribution in [0.15, 0.2) is 21.9 Å². The van der Waals surface area contributed by atoms with Gasteiger partial charge < -0.3 is 9.52 Å². The molecule has 0 radical (unpaired) electrons. The average Bonchev–Trinajstić information content (AvgIpc) is 2.94. The third kappa shape index (κ3) is 3.16. The van der Waals surface area contributed by atoms with E-state index in [2.05, 4.69) is 4.98 Å². The van der Waals surface area contributed by atoms with E-state index in [9.17, 15) is 5.11 Å². The molecule has 2 aromatic heterocycles. The van der Waals surface area contributed by atoms with Crippen LogP contribution in [-0.4, -0.2) is 21.4 Å². The standard InChI is InChI=1S/C13H17NO2S2/c1-8(15)10(3)18-7-11-9(2)16-13(14-11)12-5-4-6-17-12/h4-6,8,10,15H,7H2,1-3H3/t8-,10+/m1/s1. The SMILES string of the molecule is Cc1oc(-c2cccs2)nc1CS[C@@H](C)[C@@H](C)O. The van der Waals surface area contributed by atoms with Gasteiger partial charge in [-0.25, -0.2) is 4.98 Å². The summed E-state index contributed by atoms with van der Waals surface area (Å²) in [5, 5.41) is 11.7. The Morgan fingerprint density at radius 1 is 1.50 bits per heavy atom. The second-order valence-electron chi connectivity index (χ2n) is 4.26. The number of nitrogens with zero attached hydrogens (tertiary/aromatic N) is 1. The first-order valence-corrected chi connectivity index (χ1v) is 7.80. The lowest BCUT2D eigenvalue weighted by molar-refractivity contribution is 0.196. The molecule has 0 fully saturated rings. The molecule has 2 aromatic rings. The summed E-state index contributed by atoms with van der Waals surface area (Å²) < 4.78 is 5.68. The molecule has 2 heterocycles. The highest BCUT2D eigenvalue weighted by atomic mass is 32.2. The molecule has 0 aliphatic heterocycles. The van der Waals surface area contributed by atoms with Crippen molar-refractivity contribution in [1.29, 1.82) is 0 Å². The van der Waals surface area contributed by atoms with Crippen LogP contribution >= 0.6 is 23.1 Å². The highest BCUT2D eigenvalue weighted by Crippen LogP contribution is 2.28. The van der Waals surface area contributed by atoms with Crippen molar-refractivity contribution in [3.8, 4) is 10.8 Å². The Bertz CT molecular complexity index is 491. The molecule has 0 aliphatic rings. The second-order valence-corrected chi connectivity index (χ2v) is 6.57. The van der Waals surface area contributed by atoms with E-state index in [1.54, 1.807) is 23.1 Å². The fourth-order valence-electron chi connectivity index (χ4n) is 1.42. The molecule has 3 nitrogen and oxygen atoms in total. The molecular weight excluding hydrogens is 266 g/mol. The summed E-state index contributed by atoms with van der Waals surface area (Å²) in [6.07, 6.45) is -0.307. The van der Waals surface area contributed by atoms with E-state index in [0.29, 0.717) is 5.89 Å². The van der Waals surface area contributed by atoms with Gasteiger partial charge >= 0.3 is 0 Å². The fourth-order valence-corrected chi connectivity index (χ4v) is 3.03. The van der Waals surface area contributed by atoms with Crippen molar-refractivity contribution in [2.45, 2.75) is 37.9 Å². The van der Waals surface area contributed by atoms with Crippen LogP contribution in [0.2, 0.25) is 0 Å². The number of thioether (sulfide) groups is 1. The molecule has 0 saturated carbocycles. The summed E-state index contributed by atoms with van der Waals surface area (Å²) in [4.78, 5) is 5.58. The number of aliphatic hydroxyl groups excluding tert-OH is 1. The van der Waals surface area contributed by atoms with Gasteiger partial charge in [-0.2, -0.15) is 0 Å². The van der Waals surface area contributed by atoms with Gasteiger partial charge in [-0.15, -0.1) is 23.1 Å². The van der Waals surface area contributed by atoms with Crippen LogP contribution < -0.4 is 0 Å². The van der Waals surface area contributed by atoms with E-state index < -0.39 is 0 Å². The highest BCUT2D eigenvalue weighted by Gasteiger charge is 2.15. The third-order valence-corrected chi connectivity index (χ3v) is 5.00. The van der Waals surface area contributed by atoms with Gasteiger partial charge in [0.15, 0.2) is 0 Å². The van der Waals surface area contributed by atoms with Gasteiger partial charge in [0.05, 0.1) is 16.7 Å². The number of hydrogen-bond donors (Lipinski definition) is 1. The molecule has 18 heavy (non-hydrogen) atoms. The minimum absolute atomic E-state index is 0.200. The Morgan fingerprint density at radius 3 is 2.89 bits per heavy atom. The van der Waals surface area contributed by atoms with E-state index in [1.807, 2.05) is 38.3 Å². The van der Waals surface area contributed by atoms with Crippen molar-refractivity contribution in [3.05, 3.63) is 29.0 Å². The van der Waals surface area contributed by atoms with Gasteiger partial charge in [0.2, 0.25) is 5.89 Å². The first-order valence-electron chi connectivity index (χ1n) is 5.87. The van der Waals surface area contributed by atoms with E-state index in [4.69, 9.17) is 4.42 Å². The quantitative estimate of drug-likeness (QED) is 0.908. The van der Waals surface area contributed by atoms with Crippen LogP contribution in [0.1, 0.15) is 25.3 Å². The minimum atomic E-state index is -0.307. The van der Waals surface area contributed by atoms with Crippen molar-refractivity contribution in [2.24, 2.45) is 0 Å². The van der Waals surface area contributed by atoms with Crippen molar-refractivity contribution in [1.82, 2.24) is 4.98 Å². The first-order chi connectivity index (χ1) is 8.58. The zero-order chi connectivity index (χ0) is 13.1. The minimum Gasteiger partial charge on any atom is -0.440 e. The summed E-state index contributed by atoms with van der Waals surface area (Å²) in [6, 6.07) is 3.99. The molecule has 0 spiro atoms. The summed E-state index contributed by atoms with van der Waals surface area (Å²) in [6.45, 7) is 5.77. The van der Waals surface area contributed by atoms with Gasteiger partial charge in [-0.1, -0.05) is 13.0 Å². The van der Waals surface area contributed by atoms with Gasteiger partial charge in [-0.3, -0.25) is 0 Å². The van der Waals surface area contributed by atoms with Crippen LogP contribution in [0.4, 0.5) is 0 Å². The molecule has 2 rings (SSSR count). The Labute approximate surface area is 115 Å². The summed E-state index contributed by atoms with van der Waals surface area (Å²) in [5.74, 6) is 2.33. The van der Waals surface area contributed by atoms with Gasteiger partial charge in [0, 0.05) is 11.0 Å². The molecule has 0 saturated heterocycles. The monoisotopic (exact) mass is 283 g/mol.